The Labute approximate surface area is 318 Å². The lowest BCUT2D eigenvalue weighted by molar-refractivity contribution is 0.386. The lowest BCUT2D eigenvalue weighted by atomic mass is 9.82. The average Bonchev–Trinajstić information content (AvgIpc) is 3.45. The summed E-state index contributed by atoms with van der Waals surface area (Å²) < 4.78 is 0. The number of aliphatic imine (C=N–C) groups is 1. The Morgan fingerprint density at radius 3 is 1.87 bits per heavy atom. The topological polar surface area (TPSA) is 24.4 Å². The van der Waals surface area contributed by atoms with E-state index in [-0.39, 0.29) is 17.5 Å². The fourth-order valence-electron chi connectivity index (χ4n) is 9.48. The maximum atomic E-state index is 5.79. The Morgan fingerprint density at radius 2 is 1.11 bits per heavy atom. The van der Waals surface area contributed by atoms with Crippen LogP contribution >= 0.6 is 0 Å². The van der Waals surface area contributed by atoms with E-state index in [1.807, 2.05) is 0 Å². The van der Waals surface area contributed by atoms with Gasteiger partial charge in [0.25, 0.3) is 0 Å². The van der Waals surface area contributed by atoms with Crippen molar-refractivity contribution in [2.24, 2.45) is 10.9 Å². The van der Waals surface area contributed by atoms with E-state index in [1.165, 1.54) is 76.8 Å². The molecule has 0 bridgehead atoms. The van der Waals surface area contributed by atoms with Gasteiger partial charge in [0, 0.05) is 11.0 Å². The van der Waals surface area contributed by atoms with Gasteiger partial charge in [0.2, 0.25) is 0 Å². The summed E-state index contributed by atoms with van der Waals surface area (Å²) in [6.07, 6.45) is 2.06. The Balaban J connectivity index is 1.13. The summed E-state index contributed by atoms with van der Waals surface area (Å²) in [6.45, 7) is 7.10. The number of hydrogen-bond acceptors (Lipinski definition) is 2. The summed E-state index contributed by atoms with van der Waals surface area (Å²) in [5, 5.41) is 11.9. The number of nitrogens with zero attached hydrogens (tertiary/aromatic N) is 1. The minimum atomic E-state index is -0.0455. The van der Waals surface area contributed by atoms with Gasteiger partial charge in [-0.15, -0.1) is 0 Å². The van der Waals surface area contributed by atoms with E-state index in [2.05, 4.69) is 190 Å². The van der Waals surface area contributed by atoms with Crippen LogP contribution in [0.3, 0.4) is 0 Å². The highest BCUT2D eigenvalue weighted by Crippen LogP contribution is 2.49. The van der Waals surface area contributed by atoms with Crippen molar-refractivity contribution in [1.29, 1.82) is 0 Å². The van der Waals surface area contributed by atoms with Crippen LogP contribution in [0.15, 0.2) is 169 Å². The zero-order valence-corrected chi connectivity index (χ0v) is 31.2. The van der Waals surface area contributed by atoms with Crippen LogP contribution in [0.1, 0.15) is 73.5 Å². The Kier molecular flexibility index (Phi) is 7.77. The molecule has 8 aromatic rings. The fourth-order valence-corrected chi connectivity index (χ4v) is 9.48. The molecule has 1 aliphatic carbocycles. The molecule has 0 fully saturated rings. The lowest BCUT2D eigenvalue weighted by Gasteiger charge is -2.31. The molecule has 0 aromatic heterocycles. The molecule has 1 N–H and O–H groups in total. The van der Waals surface area contributed by atoms with Gasteiger partial charge in [-0.25, -0.2) is 0 Å². The van der Waals surface area contributed by atoms with Gasteiger partial charge >= 0.3 is 0 Å². The smallest absolute Gasteiger partial charge is 0.129 e. The molecular weight excluding hydrogens is 653 g/mol. The van der Waals surface area contributed by atoms with E-state index in [1.54, 1.807) is 0 Å². The summed E-state index contributed by atoms with van der Waals surface area (Å²) in [5.41, 5.74) is 11.6. The van der Waals surface area contributed by atoms with Crippen LogP contribution in [-0.4, -0.2) is 5.84 Å². The number of benzene rings is 8. The number of nitrogens with one attached hydrogen (secondary N) is 1. The first-order chi connectivity index (χ1) is 26.4. The standard InChI is InChI=1S/C52H44N2/c1-33-24-29-49(36-17-13-16-35(30-36)34-14-5-4-6-15-34)53-51(38-26-28-48-46(32-38)44-22-11-12-23-47(44)52(48,2)3)54-50(33)37-25-27-43-41-20-8-7-18-39(41)40-19-9-10-21-42(40)45(43)31-37/h4-23,25-28,30-33,49-50H,24,29H2,1-3H3,(H,53,54). The van der Waals surface area contributed by atoms with Gasteiger partial charge in [-0.2, -0.15) is 0 Å². The summed E-state index contributed by atoms with van der Waals surface area (Å²) in [7, 11) is 0. The minimum absolute atomic E-state index is 0.00397. The second kappa shape index (κ2) is 12.8. The van der Waals surface area contributed by atoms with Crippen molar-refractivity contribution in [3.63, 3.8) is 0 Å². The van der Waals surface area contributed by atoms with E-state index in [4.69, 9.17) is 4.99 Å². The van der Waals surface area contributed by atoms with Crippen LogP contribution in [0, 0.1) is 5.92 Å². The van der Waals surface area contributed by atoms with Gasteiger partial charge in [-0.1, -0.05) is 166 Å². The monoisotopic (exact) mass is 696 g/mol. The molecule has 1 aliphatic heterocycles. The Bertz CT molecular complexity index is 2720. The molecule has 1 heterocycles. The SMILES string of the molecule is CC1CCC(c2cccc(-c3ccccc3)c2)N/C(c2ccc3c(c2)-c2ccccc2C3(C)C)=N\C1c1ccc2c3ccccc3c3ccccc3c2c1. The largest absolute Gasteiger partial charge is 0.363 e. The van der Waals surface area contributed by atoms with E-state index < -0.39 is 0 Å². The molecule has 10 rings (SSSR count). The third-order valence-electron chi connectivity index (χ3n) is 12.4. The molecular formula is C52H44N2. The molecule has 3 unspecified atom stereocenters. The molecule has 262 valence electrons. The molecule has 0 saturated heterocycles. The van der Waals surface area contributed by atoms with Crippen LogP contribution in [-0.2, 0) is 5.41 Å². The normalized spacial score (nSPS) is 20.1. The van der Waals surface area contributed by atoms with Crippen molar-refractivity contribution >= 4 is 38.2 Å². The zero-order valence-electron chi connectivity index (χ0n) is 31.2. The van der Waals surface area contributed by atoms with E-state index >= 15 is 0 Å². The van der Waals surface area contributed by atoms with Crippen molar-refractivity contribution in [3.05, 3.63) is 192 Å². The van der Waals surface area contributed by atoms with Crippen molar-refractivity contribution in [2.75, 3.05) is 0 Å². The fraction of sp³-hybridized carbons (Fsp3) is 0.173. The van der Waals surface area contributed by atoms with Gasteiger partial charge in [0.15, 0.2) is 0 Å². The van der Waals surface area contributed by atoms with Gasteiger partial charge in [-0.3, -0.25) is 4.99 Å². The van der Waals surface area contributed by atoms with Crippen LogP contribution in [0.2, 0.25) is 0 Å². The molecule has 0 amide bonds. The van der Waals surface area contributed by atoms with Gasteiger partial charge < -0.3 is 5.32 Å². The van der Waals surface area contributed by atoms with Crippen molar-refractivity contribution < 1.29 is 0 Å². The van der Waals surface area contributed by atoms with Crippen LogP contribution in [0.5, 0.6) is 0 Å². The second-order valence-corrected chi connectivity index (χ2v) is 16.0. The van der Waals surface area contributed by atoms with Gasteiger partial charge in [0.1, 0.15) is 5.84 Å². The highest BCUT2D eigenvalue weighted by molar-refractivity contribution is 6.25. The molecule has 2 nitrogen and oxygen atoms in total. The Hall–Kier alpha value is -5.99. The molecule has 8 aromatic carbocycles. The second-order valence-electron chi connectivity index (χ2n) is 16.0. The number of hydrogen-bond donors (Lipinski definition) is 1. The maximum absolute atomic E-state index is 5.79. The first-order valence-corrected chi connectivity index (χ1v) is 19.5. The van der Waals surface area contributed by atoms with Crippen molar-refractivity contribution in [1.82, 2.24) is 5.32 Å². The number of fused-ring (bicyclic) bond motifs is 9. The van der Waals surface area contributed by atoms with Crippen LogP contribution < -0.4 is 5.32 Å². The summed E-state index contributed by atoms with van der Waals surface area (Å²) in [6, 6.07) is 60.7. The summed E-state index contributed by atoms with van der Waals surface area (Å²) in [5.74, 6) is 1.30. The Morgan fingerprint density at radius 1 is 0.481 bits per heavy atom. The van der Waals surface area contributed by atoms with Crippen molar-refractivity contribution in [2.45, 2.75) is 51.1 Å². The van der Waals surface area contributed by atoms with Crippen molar-refractivity contribution in [3.8, 4) is 22.3 Å². The van der Waals surface area contributed by atoms with E-state index in [9.17, 15) is 0 Å². The molecule has 3 atom stereocenters. The number of amidine groups is 1. The third-order valence-corrected chi connectivity index (χ3v) is 12.4. The molecule has 2 heteroatoms. The average molecular weight is 697 g/mol. The highest BCUT2D eigenvalue weighted by Gasteiger charge is 2.36. The third kappa shape index (κ3) is 5.35. The molecule has 0 saturated carbocycles. The molecule has 2 aliphatic rings. The predicted octanol–water partition coefficient (Wildman–Crippen LogP) is 13.4. The summed E-state index contributed by atoms with van der Waals surface area (Å²) >= 11 is 0. The molecule has 0 radical (unpaired) electrons. The van der Waals surface area contributed by atoms with E-state index in [0.29, 0.717) is 5.92 Å². The van der Waals surface area contributed by atoms with Gasteiger partial charge in [0.05, 0.1) is 12.1 Å². The molecule has 54 heavy (non-hydrogen) atoms. The minimum Gasteiger partial charge on any atom is -0.363 e. The lowest BCUT2D eigenvalue weighted by Crippen LogP contribution is -2.33. The summed E-state index contributed by atoms with van der Waals surface area (Å²) in [4.78, 5) is 5.79. The quantitative estimate of drug-likeness (QED) is 0.182. The molecule has 0 spiro atoms. The van der Waals surface area contributed by atoms with Gasteiger partial charge in [-0.05, 0) is 114 Å². The first kappa shape index (κ1) is 32.6. The van der Waals surface area contributed by atoms with Crippen LogP contribution in [0.4, 0.5) is 0 Å². The predicted molar refractivity (Wildman–Crippen MR) is 228 cm³/mol. The van der Waals surface area contributed by atoms with Crippen LogP contribution in [0.25, 0.3) is 54.6 Å². The maximum Gasteiger partial charge on any atom is 0.129 e. The highest BCUT2D eigenvalue weighted by atomic mass is 15.0. The zero-order chi connectivity index (χ0) is 36.4. The first-order valence-electron chi connectivity index (χ1n) is 19.5. The van der Waals surface area contributed by atoms with E-state index in [0.717, 1.165) is 24.2 Å². The number of rotatable bonds is 4.